The molecule has 4 heteroatoms. The summed E-state index contributed by atoms with van der Waals surface area (Å²) in [6, 6.07) is 6.51. The Labute approximate surface area is 94.7 Å². The summed E-state index contributed by atoms with van der Waals surface area (Å²) in [6.45, 7) is 1.87. The maximum atomic E-state index is 11.8. The van der Waals surface area contributed by atoms with Gasteiger partial charge in [0.05, 0.1) is 0 Å². The Hall–Kier alpha value is -1.55. The second-order valence-electron chi connectivity index (χ2n) is 4.06. The number of amides is 1. The van der Waals surface area contributed by atoms with Crippen LogP contribution in [0.25, 0.3) is 0 Å². The van der Waals surface area contributed by atoms with Crippen LogP contribution in [0.1, 0.15) is 23.2 Å². The summed E-state index contributed by atoms with van der Waals surface area (Å²) in [4.78, 5) is 11.8. The van der Waals surface area contributed by atoms with Crippen LogP contribution >= 0.6 is 0 Å². The van der Waals surface area contributed by atoms with Crippen molar-refractivity contribution < 1.29 is 9.90 Å². The molecule has 0 bridgehead atoms. The van der Waals surface area contributed by atoms with E-state index < -0.39 is 0 Å². The topological polar surface area (TPSA) is 61.4 Å². The Morgan fingerprint density at radius 2 is 2.12 bits per heavy atom. The number of phenols is 1. The lowest BCUT2D eigenvalue weighted by molar-refractivity contribution is 0.0930. The van der Waals surface area contributed by atoms with Crippen LogP contribution in [0.15, 0.2) is 24.3 Å². The van der Waals surface area contributed by atoms with Crippen LogP contribution in [0.3, 0.4) is 0 Å². The molecule has 0 saturated carbocycles. The second kappa shape index (κ2) is 4.99. The van der Waals surface area contributed by atoms with Gasteiger partial charge in [-0.15, -0.1) is 0 Å². The normalized spacial score (nSPS) is 20.4. The average molecular weight is 220 g/mol. The molecule has 1 fully saturated rings. The quantitative estimate of drug-likeness (QED) is 0.693. The van der Waals surface area contributed by atoms with E-state index in [0.29, 0.717) is 5.56 Å². The Morgan fingerprint density at radius 3 is 2.75 bits per heavy atom. The lowest BCUT2D eigenvalue weighted by Gasteiger charge is -2.23. The van der Waals surface area contributed by atoms with E-state index in [4.69, 9.17) is 5.11 Å². The van der Waals surface area contributed by atoms with Crippen LogP contribution in [-0.2, 0) is 0 Å². The number of aromatic hydroxyl groups is 1. The molecular formula is C12H16N2O2. The molecule has 16 heavy (non-hydrogen) atoms. The summed E-state index contributed by atoms with van der Waals surface area (Å²) in [6.07, 6.45) is 2.12. The molecule has 2 rings (SSSR count). The summed E-state index contributed by atoms with van der Waals surface area (Å²) in [5.74, 6) is 0.101. The third kappa shape index (κ3) is 2.73. The Kier molecular flexibility index (Phi) is 3.41. The predicted octanol–water partition coefficient (Wildman–Crippen LogP) is 0.874. The molecule has 0 aromatic heterocycles. The zero-order valence-electron chi connectivity index (χ0n) is 9.07. The SMILES string of the molecule is O=C(N[C@@H]1CCCNC1)c1ccc(O)cc1. The number of piperidine rings is 1. The van der Waals surface area contributed by atoms with Crippen molar-refractivity contribution in [1.29, 1.82) is 0 Å². The lowest BCUT2D eigenvalue weighted by Crippen LogP contribution is -2.45. The maximum absolute atomic E-state index is 11.8. The van der Waals surface area contributed by atoms with Gasteiger partial charge in [0.1, 0.15) is 5.75 Å². The zero-order chi connectivity index (χ0) is 11.4. The van der Waals surface area contributed by atoms with E-state index in [2.05, 4.69) is 10.6 Å². The summed E-state index contributed by atoms with van der Waals surface area (Å²) in [7, 11) is 0. The highest BCUT2D eigenvalue weighted by molar-refractivity contribution is 5.94. The van der Waals surface area contributed by atoms with Gasteiger partial charge in [0.15, 0.2) is 0 Å². The standard InChI is InChI=1S/C12H16N2O2/c15-11-5-3-9(4-6-11)12(16)14-10-2-1-7-13-8-10/h3-6,10,13,15H,1-2,7-8H2,(H,14,16)/t10-/m1/s1. The Bertz CT molecular complexity index is 356. The Morgan fingerprint density at radius 1 is 1.38 bits per heavy atom. The van der Waals surface area contributed by atoms with E-state index in [1.165, 1.54) is 12.1 Å². The van der Waals surface area contributed by atoms with E-state index in [1.807, 2.05) is 0 Å². The number of carbonyl (C=O) groups excluding carboxylic acids is 1. The highest BCUT2D eigenvalue weighted by atomic mass is 16.3. The number of nitrogens with one attached hydrogen (secondary N) is 2. The minimum absolute atomic E-state index is 0.0753. The monoisotopic (exact) mass is 220 g/mol. The first kappa shape index (κ1) is 11.0. The first-order valence-electron chi connectivity index (χ1n) is 5.56. The highest BCUT2D eigenvalue weighted by Gasteiger charge is 2.15. The third-order valence-corrected chi connectivity index (χ3v) is 2.76. The van der Waals surface area contributed by atoms with Gasteiger partial charge in [0, 0.05) is 18.2 Å². The molecule has 1 aromatic carbocycles. The molecule has 0 aliphatic carbocycles. The van der Waals surface area contributed by atoms with Gasteiger partial charge in [-0.05, 0) is 43.7 Å². The van der Waals surface area contributed by atoms with Gasteiger partial charge in [0.25, 0.3) is 5.91 Å². The molecular weight excluding hydrogens is 204 g/mol. The number of phenolic OH excluding ortho intramolecular Hbond substituents is 1. The summed E-state index contributed by atoms with van der Waals surface area (Å²) >= 11 is 0. The van der Waals surface area contributed by atoms with Crippen LogP contribution in [0.4, 0.5) is 0 Å². The fourth-order valence-corrected chi connectivity index (χ4v) is 1.86. The molecule has 4 nitrogen and oxygen atoms in total. The molecule has 1 atom stereocenters. The molecule has 86 valence electrons. The van der Waals surface area contributed by atoms with Crippen LogP contribution < -0.4 is 10.6 Å². The summed E-state index contributed by atoms with van der Waals surface area (Å²) in [5.41, 5.74) is 0.586. The molecule has 3 N–H and O–H groups in total. The molecule has 1 aromatic rings. The minimum Gasteiger partial charge on any atom is -0.508 e. The van der Waals surface area contributed by atoms with Gasteiger partial charge >= 0.3 is 0 Å². The van der Waals surface area contributed by atoms with Crippen LogP contribution in [0.2, 0.25) is 0 Å². The fraction of sp³-hybridized carbons (Fsp3) is 0.417. The number of rotatable bonds is 2. The molecule has 1 aliphatic heterocycles. The average Bonchev–Trinajstić information content (AvgIpc) is 2.31. The summed E-state index contributed by atoms with van der Waals surface area (Å²) < 4.78 is 0. The van der Waals surface area contributed by atoms with Crippen molar-refractivity contribution in [3.63, 3.8) is 0 Å². The number of benzene rings is 1. The van der Waals surface area contributed by atoms with E-state index in [0.717, 1.165) is 25.9 Å². The highest BCUT2D eigenvalue weighted by Crippen LogP contribution is 2.10. The third-order valence-electron chi connectivity index (χ3n) is 2.76. The number of hydrogen-bond donors (Lipinski definition) is 3. The van der Waals surface area contributed by atoms with Crippen molar-refractivity contribution in [2.24, 2.45) is 0 Å². The van der Waals surface area contributed by atoms with Crippen molar-refractivity contribution in [3.8, 4) is 5.75 Å². The molecule has 0 unspecified atom stereocenters. The maximum Gasteiger partial charge on any atom is 0.251 e. The van der Waals surface area contributed by atoms with Crippen LogP contribution in [0.5, 0.6) is 5.75 Å². The Balaban J connectivity index is 1.94. The second-order valence-corrected chi connectivity index (χ2v) is 4.06. The van der Waals surface area contributed by atoms with E-state index in [-0.39, 0.29) is 17.7 Å². The van der Waals surface area contributed by atoms with E-state index in [1.54, 1.807) is 12.1 Å². The van der Waals surface area contributed by atoms with Gasteiger partial charge in [-0.2, -0.15) is 0 Å². The van der Waals surface area contributed by atoms with Gasteiger partial charge in [0.2, 0.25) is 0 Å². The largest absolute Gasteiger partial charge is 0.508 e. The smallest absolute Gasteiger partial charge is 0.251 e. The molecule has 1 aliphatic rings. The number of carbonyl (C=O) groups is 1. The molecule has 1 heterocycles. The van der Waals surface area contributed by atoms with Crippen molar-refractivity contribution >= 4 is 5.91 Å². The van der Waals surface area contributed by atoms with Gasteiger partial charge in [-0.1, -0.05) is 0 Å². The van der Waals surface area contributed by atoms with Crippen molar-refractivity contribution in [2.45, 2.75) is 18.9 Å². The fourth-order valence-electron chi connectivity index (χ4n) is 1.86. The van der Waals surface area contributed by atoms with Gasteiger partial charge in [-0.3, -0.25) is 4.79 Å². The molecule has 0 spiro atoms. The zero-order valence-corrected chi connectivity index (χ0v) is 9.07. The van der Waals surface area contributed by atoms with Crippen molar-refractivity contribution in [3.05, 3.63) is 29.8 Å². The van der Waals surface area contributed by atoms with E-state index >= 15 is 0 Å². The number of hydrogen-bond acceptors (Lipinski definition) is 3. The molecule has 1 amide bonds. The first-order valence-corrected chi connectivity index (χ1v) is 5.56. The van der Waals surface area contributed by atoms with Crippen molar-refractivity contribution in [1.82, 2.24) is 10.6 Å². The van der Waals surface area contributed by atoms with Gasteiger partial charge in [-0.25, -0.2) is 0 Å². The minimum atomic E-state index is -0.0753. The predicted molar refractivity (Wildman–Crippen MR) is 61.5 cm³/mol. The van der Waals surface area contributed by atoms with Gasteiger partial charge < -0.3 is 15.7 Å². The molecule has 0 radical (unpaired) electrons. The molecule has 1 saturated heterocycles. The summed E-state index contributed by atoms with van der Waals surface area (Å²) in [5, 5.41) is 15.3. The van der Waals surface area contributed by atoms with Crippen molar-refractivity contribution in [2.75, 3.05) is 13.1 Å². The lowest BCUT2D eigenvalue weighted by atomic mass is 10.1. The van der Waals surface area contributed by atoms with E-state index in [9.17, 15) is 4.79 Å². The van der Waals surface area contributed by atoms with Crippen LogP contribution in [-0.4, -0.2) is 30.1 Å². The van der Waals surface area contributed by atoms with Crippen LogP contribution in [0, 0.1) is 0 Å². The first-order chi connectivity index (χ1) is 7.75.